The standard InChI is InChI=1S/C24H25N9O/c1-34-23-15(5-6-19(29-23)32-11-8-26-9-12-32)20-17-14-16(18-4-2-3-7-27-18)21-28-10-13-33(21)22(17)31-24(25)30-20/h2-7,14,25-26,28H,8-13H2,1H3. The van der Waals surface area contributed by atoms with Crippen molar-refractivity contribution in [1.29, 1.82) is 5.41 Å². The summed E-state index contributed by atoms with van der Waals surface area (Å²) in [6.07, 6.45) is 1.79. The van der Waals surface area contributed by atoms with Gasteiger partial charge in [0.2, 0.25) is 11.5 Å². The SMILES string of the molecule is COc1nc(N2CCNCC2)ccc1-c1nc(=N)nc2n3c(c(-c4ccccn4)cc1-2)NCC3. The Morgan fingerprint density at radius 1 is 0.941 bits per heavy atom. The molecule has 0 unspecified atom stereocenters. The fourth-order valence-corrected chi connectivity index (χ4v) is 4.71. The van der Waals surface area contributed by atoms with E-state index in [2.05, 4.69) is 41.1 Å². The molecule has 34 heavy (non-hydrogen) atoms. The van der Waals surface area contributed by atoms with Gasteiger partial charge in [-0.25, -0.2) is 4.98 Å². The van der Waals surface area contributed by atoms with E-state index in [1.807, 2.05) is 30.3 Å². The van der Waals surface area contributed by atoms with E-state index >= 15 is 0 Å². The van der Waals surface area contributed by atoms with Gasteiger partial charge in [-0.3, -0.25) is 10.4 Å². The number of methoxy groups -OCH3 is 1. The highest BCUT2D eigenvalue weighted by Gasteiger charge is 2.27. The molecule has 0 aromatic carbocycles. The van der Waals surface area contributed by atoms with Gasteiger partial charge in [0.15, 0.2) is 0 Å². The van der Waals surface area contributed by atoms with Crippen LogP contribution in [-0.4, -0.2) is 64.3 Å². The molecule has 6 rings (SSSR count). The average molecular weight is 456 g/mol. The molecular weight excluding hydrogens is 430 g/mol. The summed E-state index contributed by atoms with van der Waals surface area (Å²) in [5.74, 6) is 3.02. The summed E-state index contributed by atoms with van der Waals surface area (Å²) in [6, 6.07) is 11.9. The highest BCUT2D eigenvalue weighted by Crippen LogP contribution is 2.41. The number of hydrogen-bond donors (Lipinski definition) is 3. The summed E-state index contributed by atoms with van der Waals surface area (Å²) in [5.41, 5.74) is 3.99. The molecule has 6 heterocycles. The first-order valence-electron chi connectivity index (χ1n) is 11.4. The lowest BCUT2D eigenvalue weighted by Gasteiger charge is -2.28. The fourth-order valence-electron chi connectivity index (χ4n) is 4.71. The minimum atomic E-state index is -0.0390. The summed E-state index contributed by atoms with van der Waals surface area (Å²) in [5, 5.41) is 15.2. The Hall–Kier alpha value is -4.05. The van der Waals surface area contributed by atoms with Gasteiger partial charge in [0.05, 0.1) is 24.1 Å². The number of piperazine rings is 1. The van der Waals surface area contributed by atoms with Crippen molar-refractivity contribution in [1.82, 2.24) is 29.8 Å². The van der Waals surface area contributed by atoms with Crippen LogP contribution in [-0.2, 0) is 6.54 Å². The first-order chi connectivity index (χ1) is 16.7. The molecule has 0 bridgehead atoms. The minimum Gasteiger partial charge on any atom is -0.480 e. The van der Waals surface area contributed by atoms with Gasteiger partial charge in [-0.1, -0.05) is 6.07 Å². The van der Waals surface area contributed by atoms with Crippen molar-refractivity contribution in [3.05, 3.63) is 48.2 Å². The van der Waals surface area contributed by atoms with Crippen molar-refractivity contribution < 1.29 is 4.74 Å². The van der Waals surface area contributed by atoms with Crippen LogP contribution >= 0.6 is 0 Å². The molecule has 0 atom stereocenters. The summed E-state index contributed by atoms with van der Waals surface area (Å²) < 4.78 is 7.83. The predicted molar refractivity (Wildman–Crippen MR) is 129 cm³/mol. The summed E-state index contributed by atoms with van der Waals surface area (Å²) >= 11 is 0. The van der Waals surface area contributed by atoms with Crippen molar-refractivity contribution in [3.63, 3.8) is 0 Å². The maximum absolute atomic E-state index is 8.33. The first-order valence-corrected chi connectivity index (χ1v) is 11.4. The second kappa shape index (κ2) is 8.38. The number of nitrogens with zero attached hydrogens (tertiary/aromatic N) is 6. The summed E-state index contributed by atoms with van der Waals surface area (Å²) in [4.78, 5) is 20.7. The zero-order valence-electron chi connectivity index (χ0n) is 18.9. The smallest absolute Gasteiger partial charge is 0.244 e. The number of nitrogens with one attached hydrogen (secondary N) is 3. The van der Waals surface area contributed by atoms with E-state index in [4.69, 9.17) is 15.1 Å². The van der Waals surface area contributed by atoms with Gasteiger partial charge in [-0.2, -0.15) is 9.97 Å². The van der Waals surface area contributed by atoms with E-state index in [1.54, 1.807) is 13.3 Å². The van der Waals surface area contributed by atoms with Gasteiger partial charge >= 0.3 is 0 Å². The Morgan fingerprint density at radius 2 is 1.82 bits per heavy atom. The topological polar surface area (TPSA) is 117 Å². The third-order valence-electron chi connectivity index (χ3n) is 6.30. The Morgan fingerprint density at radius 3 is 2.62 bits per heavy atom. The van der Waals surface area contributed by atoms with Crippen LogP contribution < -0.4 is 25.9 Å². The van der Waals surface area contributed by atoms with Crippen LogP contribution in [0.5, 0.6) is 5.88 Å². The van der Waals surface area contributed by atoms with Gasteiger partial charge < -0.3 is 24.8 Å². The molecule has 3 N–H and O–H groups in total. The molecule has 1 saturated heterocycles. The monoisotopic (exact) mass is 455 g/mol. The third kappa shape index (κ3) is 3.43. The van der Waals surface area contributed by atoms with Gasteiger partial charge in [0, 0.05) is 56.6 Å². The van der Waals surface area contributed by atoms with Crippen LogP contribution in [0.1, 0.15) is 0 Å². The molecule has 2 aromatic rings. The molecule has 172 valence electrons. The molecule has 0 amide bonds. The highest BCUT2D eigenvalue weighted by molar-refractivity contribution is 5.88. The Bertz CT molecular complexity index is 1380. The minimum absolute atomic E-state index is 0.0390. The number of pyridine rings is 3. The van der Waals surface area contributed by atoms with E-state index in [0.29, 0.717) is 17.4 Å². The number of hydrogen-bond acceptors (Lipinski definition) is 9. The fraction of sp³-hybridized carbons (Fsp3) is 0.292. The second-order valence-electron chi connectivity index (χ2n) is 8.30. The maximum atomic E-state index is 8.33. The summed E-state index contributed by atoms with van der Waals surface area (Å²) in [6.45, 7) is 5.18. The van der Waals surface area contributed by atoms with Crippen LogP contribution in [0.3, 0.4) is 0 Å². The van der Waals surface area contributed by atoms with Crippen molar-refractivity contribution in [2.75, 3.05) is 50.1 Å². The van der Waals surface area contributed by atoms with Crippen molar-refractivity contribution in [2.24, 2.45) is 0 Å². The molecule has 10 heteroatoms. The Balaban J connectivity index is 1.55. The normalized spacial score (nSPS) is 15.3. The van der Waals surface area contributed by atoms with Crippen molar-refractivity contribution in [2.45, 2.75) is 6.54 Å². The van der Waals surface area contributed by atoms with Crippen LogP contribution in [0.2, 0.25) is 0 Å². The molecule has 2 aromatic heterocycles. The second-order valence-corrected chi connectivity index (χ2v) is 8.30. The quantitative estimate of drug-likeness (QED) is 0.427. The Labute approximate surface area is 196 Å². The molecule has 0 aliphatic carbocycles. The predicted octanol–water partition coefficient (Wildman–Crippen LogP) is 1.83. The number of rotatable bonds is 4. The lowest BCUT2D eigenvalue weighted by molar-refractivity contribution is 0.399. The molecule has 0 spiro atoms. The number of anilines is 2. The maximum Gasteiger partial charge on any atom is 0.244 e. The van der Waals surface area contributed by atoms with Crippen LogP contribution in [0.15, 0.2) is 42.6 Å². The lowest BCUT2D eigenvalue weighted by atomic mass is 10.0. The molecule has 10 nitrogen and oxygen atoms in total. The average Bonchev–Trinajstić information content (AvgIpc) is 3.39. The lowest BCUT2D eigenvalue weighted by Crippen LogP contribution is -2.43. The van der Waals surface area contributed by atoms with Gasteiger partial charge in [0.25, 0.3) is 0 Å². The first kappa shape index (κ1) is 20.5. The van der Waals surface area contributed by atoms with E-state index in [-0.39, 0.29) is 5.62 Å². The zero-order valence-corrected chi connectivity index (χ0v) is 18.9. The van der Waals surface area contributed by atoms with Crippen molar-refractivity contribution >= 4 is 11.6 Å². The van der Waals surface area contributed by atoms with E-state index in [9.17, 15) is 0 Å². The van der Waals surface area contributed by atoms with Crippen LogP contribution in [0.25, 0.3) is 33.9 Å². The Kier molecular flexibility index (Phi) is 5.06. The highest BCUT2D eigenvalue weighted by atomic mass is 16.5. The van der Waals surface area contributed by atoms with Gasteiger partial charge in [-0.05, 0) is 30.3 Å². The number of fused-ring (bicyclic) bond motifs is 3. The van der Waals surface area contributed by atoms with Crippen LogP contribution in [0.4, 0.5) is 11.6 Å². The molecular formula is C24H25N9O. The molecule has 4 aliphatic rings. The number of aromatic nitrogens is 5. The van der Waals surface area contributed by atoms with E-state index < -0.39 is 0 Å². The molecule has 0 saturated carbocycles. The van der Waals surface area contributed by atoms with Gasteiger partial charge in [-0.15, -0.1) is 0 Å². The zero-order chi connectivity index (χ0) is 23.1. The summed E-state index contributed by atoms with van der Waals surface area (Å²) in [7, 11) is 1.62. The third-order valence-corrected chi connectivity index (χ3v) is 6.30. The molecule has 4 aliphatic heterocycles. The molecule has 1 fully saturated rings. The molecule has 0 radical (unpaired) electrons. The van der Waals surface area contributed by atoms with Crippen LogP contribution in [0, 0.1) is 5.41 Å². The van der Waals surface area contributed by atoms with E-state index in [0.717, 1.165) is 73.3 Å². The van der Waals surface area contributed by atoms with Gasteiger partial charge in [0.1, 0.15) is 17.5 Å². The number of ether oxygens (including phenoxy) is 1. The largest absolute Gasteiger partial charge is 0.480 e. The van der Waals surface area contributed by atoms with E-state index in [1.165, 1.54) is 0 Å². The van der Waals surface area contributed by atoms with Crippen molar-refractivity contribution in [3.8, 4) is 39.8 Å².